The summed E-state index contributed by atoms with van der Waals surface area (Å²) < 4.78 is 35.1. The van der Waals surface area contributed by atoms with Crippen LogP contribution in [0.15, 0.2) is 17.0 Å². The summed E-state index contributed by atoms with van der Waals surface area (Å²) in [5, 5.41) is 10.3. The van der Waals surface area contributed by atoms with Gasteiger partial charge in [0.1, 0.15) is 10.7 Å². The molecule has 86 valence electrons. The molecule has 16 heavy (non-hydrogen) atoms. The molecule has 0 bridgehead atoms. The van der Waals surface area contributed by atoms with Crippen molar-refractivity contribution in [2.24, 2.45) is 0 Å². The normalized spacial score (nSPS) is 11.1. The summed E-state index contributed by atoms with van der Waals surface area (Å²) in [4.78, 5) is 18.9. The van der Waals surface area contributed by atoms with Crippen LogP contribution in [0.5, 0.6) is 0 Å². The first-order valence-corrected chi connectivity index (χ1v) is 5.96. The molecule has 0 N–H and O–H groups in total. The molecule has 0 spiro atoms. The van der Waals surface area contributed by atoms with Gasteiger partial charge in [-0.1, -0.05) is 0 Å². The van der Waals surface area contributed by atoms with Crippen LogP contribution in [-0.2, 0) is 9.05 Å². The van der Waals surface area contributed by atoms with E-state index in [0.29, 0.717) is 12.1 Å². The van der Waals surface area contributed by atoms with E-state index in [2.05, 4.69) is 0 Å². The Kier molecular flexibility index (Phi) is 3.24. The largest absolute Gasteiger partial charge is 0.298 e. The number of rotatable bonds is 3. The Morgan fingerprint density at radius 1 is 1.44 bits per heavy atom. The van der Waals surface area contributed by atoms with Gasteiger partial charge in [-0.2, -0.15) is 0 Å². The molecule has 0 atom stereocenters. The number of nitro benzene ring substituents is 1. The van der Waals surface area contributed by atoms with Crippen LogP contribution in [0, 0.1) is 15.9 Å². The Morgan fingerprint density at radius 3 is 2.38 bits per heavy atom. The van der Waals surface area contributed by atoms with Gasteiger partial charge < -0.3 is 0 Å². The molecular formula is C7H3ClFNO5S. The highest BCUT2D eigenvalue weighted by molar-refractivity contribution is 8.13. The average molecular weight is 268 g/mol. The highest BCUT2D eigenvalue weighted by atomic mass is 35.7. The molecule has 0 aliphatic rings. The van der Waals surface area contributed by atoms with Crippen molar-refractivity contribution in [1.82, 2.24) is 0 Å². The lowest BCUT2D eigenvalue weighted by Gasteiger charge is -2.01. The van der Waals surface area contributed by atoms with Gasteiger partial charge in [-0.25, -0.2) is 12.8 Å². The van der Waals surface area contributed by atoms with E-state index in [1.165, 1.54) is 0 Å². The van der Waals surface area contributed by atoms with Crippen LogP contribution in [0.2, 0.25) is 0 Å². The van der Waals surface area contributed by atoms with Crippen molar-refractivity contribution in [3.05, 3.63) is 33.6 Å². The van der Waals surface area contributed by atoms with Crippen molar-refractivity contribution in [1.29, 1.82) is 0 Å². The zero-order chi connectivity index (χ0) is 12.5. The topological polar surface area (TPSA) is 94.3 Å². The number of non-ortho nitro benzene ring substituents is 1. The minimum absolute atomic E-state index is 0.0751. The molecule has 0 aliphatic carbocycles. The van der Waals surface area contributed by atoms with Gasteiger partial charge in [0, 0.05) is 16.7 Å². The summed E-state index contributed by atoms with van der Waals surface area (Å²) >= 11 is 0. The predicted octanol–water partition coefficient (Wildman–Crippen LogP) is 1.47. The summed E-state index contributed by atoms with van der Waals surface area (Å²) in [5.41, 5.74) is -1.64. The molecule has 9 heteroatoms. The molecule has 1 aromatic rings. The van der Waals surface area contributed by atoms with Gasteiger partial charge in [0.2, 0.25) is 0 Å². The lowest BCUT2D eigenvalue weighted by atomic mass is 10.2. The van der Waals surface area contributed by atoms with Crippen molar-refractivity contribution in [2.75, 3.05) is 0 Å². The second kappa shape index (κ2) is 4.14. The maximum absolute atomic E-state index is 13.1. The van der Waals surface area contributed by atoms with Crippen LogP contribution in [0.4, 0.5) is 10.1 Å². The van der Waals surface area contributed by atoms with Gasteiger partial charge in [-0.15, -0.1) is 0 Å². The first kappa shape index (κ1) is 12.5. The van der Waals surface area contributed by atoms with Crippen LogP contribution >= 0.6 is 10.7 Å². The summed E-state index contributed by atoms with van der Waals surface area (Å²) in [5.74, 6) is -1.32. The molecule has 0 aromatic heterocycles. The molecule has 0 fully saturated rings. The Bertz CT molecular complexity index is 570. The number of aldehydes is 1. The maximum Gasteiger partial charge on any atom is 0.273 e. The minimum atomic E-state index is -4.43. The Balaban J connectivity index is 3.69. The summed E-state index contributed by atoms with van der Waals surface area (Å²) in [6, 6.07) is 0.963. The van der Waals surface area contributed by atoms with Crippen molar-refractivity contribution in [2.45, 2.75) is 4.90 Å². The van der Waals surface area contributed by atoms with Crippen LogP contribution in [0.25, 0.3) is 0 Å². The number of halogens is 2. The van der Waals surface area contributed by atoms with E-state index < -0.39 is 35.9 Å². The van der Waals surface area contributed by atoms with Crippen LogP contribution in [0.1, 0.15) is 10.4 Å². The fourth-order valence-corrected chi connectivity index (χ4v) is 2.05. The zero-order valence-electron chi connectivity index (χ0n) is 7.38. The van der Waals surface area contributed by atoms with Crippen LogP contribution < -0.4 is 0 Å². The van der Waals surface area contributed by atoms with Crippen molar-refractivity contribution >= 4 is 31.7 Å². The number of carbonyl (C=O) groups is 1. The minimum Gasteiger partial charge on any atom is -0.298 e. The van der Waals surface area contributed by atoms with E-state index in [4.69, 9.17) is 10.7 Å². The highest BCUT2D eigenvalue weighted by Gasteiger charge is 2.23. The predicted molar refractivity (Wildman–Crippen MR) is 51.5 cm³/mol. The molecule has 1 rings (SSSR count). The van der Waals surface area contributed by atoms with Gasteiger partial charge in [0.15, 0.2) is 6.29 Å². The van der Waals surface area contributed by atoms with E-state index in [1.54, 1.807) is 0 Å². The van der Waals surface area contributed by atoms with E-state index in [-0.39, 0.29) is 6.29 Å². The number of nitrogens with zero attached hydrogens (tertiary/aromatic N) is 1. The first-order chi connectivity index (χ1) is 7.27. The van der Waals surface area contributed by atoms with Crippen molar-refractivity contribution < 1.29 is 22.5 Å². The number of hydrogen-bond donors (Lipinski definition) is 0. The molecule has 0 amide bonds. The third kappa shape index (κ3) is 2.34. The second-order valence-electron chi connectivity index (χ2n) is 2.65. The Morgan fingerprint density at radius 2 is 2.00 bits per heavy atom. The summed E-state index contributed by atoms with van der Waals surface area (Å²) in [6.07, 6.45) is -0.0751. The van der Waals surface area contributed by atoms with E-state index in [9.17, 15) is 27.7 Å². The molecule has 0 radical (unpaired) electrons. The van der Waals surface area contributed by atoms with E-state index in [1.807, 2.05) is 0 Å². The van der Waals surface area contributed by atoms with Gasteiger partial charge in [0.05, 0.1) is 16.6 Å². The van der Waals surface area contributed by atoms with Gasteiger partial charge >= 0.3 is 0 Å². The molecular weight excluding hydrogens is 265 g/mol. The maximum atomic E-state index is 13.1. The Hall–Kier alpha value is -1.54. The Labute approximate surface area is 93.2 Å². The summed E-state index contributed by atoms with van der Waals surface area (Å²) in [6.45, 7) is 0. The van der Waals surface area contributed by atoms with E-state index >= 15 is 0 Å². The lowest BCUT2D eigenvalue weighted by Crippen LogP contribution is -2.02. The molecule has 0 saturated carbocycles. The van der Waals surface area contributed by atoms with Crippen molar-refractivity contribution in [3.63, 3.8) is 0 Å². The standard InChI is InChI=1S/C7H3ClFNO5S/c8-16(14,15)7-2-4(10(12)13)1-6(9)5(7)3-11/h1-3H. The zero-order valence-corrected chi connectivity index (χ0v) is 8.96. The van der Waals surface area contributed by atoms with E-state index in [0.717, 1.165) is 0 Å². The summed E-state index contributed by atoms with van der Waals surface area (Å²) in [7, 11) is 0.488. The fourth-order valence-electron chi connectivity index (χ4n) is 1.00. The number of hydrogen-bond acceptors (Lipinski definition) is 5. The molecule has 1 aromatic carbocycles. The molecule has 0 aliphatic heterocycles. The lowest BCUT2D eigenvalue weighted by molar-refractivity contribution is -0.385. The molecule has 0 saturated heterocycles. The van der Waals surface area contributed by atoms with Gasteiger partial charge in [0.25, 0.3) is 14.7 Å². The highest BCUT2D eigenvalue weighted by Crippen LogP contribution is 2.26. The number of benzene rings is 1. The van der Waals surface area contributed by atoms with Crippen LogP contribution in [0.3, 0.4) is 0 Å². The second-order valence-corrected chi connectivity index (χ2v) is 5.19. The van der Waals surface area contributed by atoms with Crippen LogP contribution in [-0.4, -0.2) is 19.6 Å². The fraction of sp³-hybridized carbons (Fsp3) is 0. The third-order valence-corrected chi connectivity index (χ3v) is 3.03. The first-order valence-electron chi connectivity index (χ1n) is 3.65. The SMILES string of the molecule is O=Cc1c(F)cc([N+](=O)[O-])cc1S(=O)(=O)Cl. The monoisotopic (exact) mass is 267 g/mol. The van der Waals surface area contributed by atoms with Crippen molar-refractivity contribution in [3.8, 4) is 0 Å². The van der Waals surface area contributed by atoms with Gasteiger partial charge in [-0.3, -0.25) is 14.9 Å². The smallest absolute Gasteiger partial charge is 0.273 e. The molecule has 6 nitrogen and oxygen atoms in total. The average Bonchev–Trinajstić information content (AvgIpc) is 2.14. The van der Waals surface area contributed by atoms with Gasteiger partial charge in [-0.05, 0) is 0 Å². The molecule has 0 unspecified atom stereocenters. The third-order valence-electron chi connectivity index (χ3n) is 1.67. The number of nitro groups is 1. The number of carbonyl (C=O) groups excluding carboxylic acids is 1. The quantitative estimate of drug-likeness (QED) is 0.358. The molecule has 0 heterocycles.